The summed E-state index contributed by atoms with van der Waals surface area (Å²) in [6.07, 6.45) is 5.01. The van der Waals surface area contributed by atoms with Crippen LogP contribution in [0.25, 0.3) is 0 Å². The van der Waals surface area contributed by atoms with Crippen molar-refractivity contribution in [1.82, 2.24) is 10.3 Å². The summed E-state index contributed by atoms with van der Waals surface area (Å²) in [5.74, 6) is 0.206. The number of rotatable bonds is 6. The summed E-state index contributed by atoms with van der Waals surface area (Å²) < 4.78 is 14.1. The lowest BCUT2D eigenvalue weighted by Gasteiger charge is -2.23. The minimum atomic E-state index is -0.679. The molecule has 3 rings (SSSR count). The van der Waals surface area contributed by atoms with Crippen LogP contribution in [0.5, 0.6) is 0 Å². The molecule has 1 atom stereocenters. The number of carbonyl (C=O) groups is 1. The maximum atomic E-state index is 14.1. The van der Waals surface area contributed by atoms with Crippen molar-refractivity contribution in [3.8, 4) is 0 Å². The van der Waals surface area contributed by atoms with Crippen LogP contribution in [0.2, 0.25) is 0 Å². The molecule has 1 fully saturated rings. The van der Waals surface area contributed by atoms with Gasteiger partial charge >= 0.3 is 0 Å². The van der Waals surface area contributed by atoms with Crippen molar-refractivity contribution < 1.29 is 9.18 Å². The predicted molar refractivity (Wildman–Crippen MR) is 92.1 cm³/mol. The molecule has 1 aromatic heterocycles. The molecule has 0 saturated heterocycles. The second-order valence-corrected chi connectivity index (χ2v) is 6.91. The average molecular weight is 326 g/mol. The van der Waals surface area contributed by atoms with Crippen LogP contribution in [-0.2, 0) is 10.2 Å². The van der Waals surface area contributed by atoms with Crippen LogP contribution in [0.1, 0.15) is 43.7 Å². The monoisotopic (exact) mass is 326 g/mol. The summed E-state index contributed by atoms with van der Waals surface area (Å²) in [5, 5.41) is 3.06. The summed E-state index contributed by atoms with van der Waals surface area (Å²) in [7, 11) is 0. The van der Waals surface area contributed by atoms with Gasteiger partial charge in [0.05, 0.1) is 5.41 Å². The largest absolute Gasteiger partial charge is 0.355 e. The lowest BCUT2D eigenvalue weighted by molar-refractivity contribution is -0.123. The van der Waals surface area contributed by atoms with Gasteiger partial charge in [0.25, 0.3) is 0 Å². The van der Waals surface area contributed by atoms with Crippen LogP contribution in [0.4, 0.5) is 4.39 Å². The van der Waals surface area contributed by atoms with Gasteiger partial charge in [-0.3, -0.25) is 9.78 Å². The molecule has 24 heavy (non-hydrogen) atoms. The zero-order chi connectivity index (χ0) is 17.2. The quantitative estimate of drug-likeness (QED) is 0.877. The summed E-state index contributed by atoms with van der Waals surface area (Å²) in [6, 6.07) is 10.5. The van der Waals surface area contributed by atoms with Crippen LogP contribution in [0, 0.1) is 11.7 Å². The van der Waals surface area contributed by atoms with Crippen molar-refractivity contribution in [3.05, 3.63) is 65.7 Å². The maximum absolute atomic E-state index is 14.1. The summed E-state index contributed by atoms with van der Waals surface area (Å²) in [6.45, 7) is 4.81. The van der Waals surface area contributed by atoms with E-state index in [1.54, 1.807) is 24.4 Å². The van der Waals surface area contributed by atoms with E-state index in [0.717, 1.165) is 5.56 Å². The summed E-state index contributed by atoms with van der Waals surface area (Å²) in [5.41, 5.74) is 0.954. The fourth-order valence-electron chi connectivity index (χ4n) is 3.30. The number of amides is 1. The Morgan fingerprint density at radius 1 is 1.25 bits per heavy atom. The smallest absolute Gasteiger partial charge is 0.230 e. The van der Waals surface area contributed by atoms with Crippen LogP contribution >= 0.6 is 0 Å². The molecule has 0 radical (unpaired) electrons. The standard InChI is InChI=1S/C20H23FN2O/c1-14(2)16(15-6-5-11-22-12-15)13-23-19(24)20(9-10-20)17-7-3-4-8-18(17)21/h3-8,11-12,14,16H,9-10,13H2,1-2H3,(H,23,24)/t16-/m0/s1. The third-order valence-electron chi connectivity index (χ3n) is 4.97. The fourth-order valence-corrected chi connectivity index (χ4v) is 3.30. The van der Waals surface area contributed by atoms with E-state index in [9.17, 15) is 9.18 Å². The van der Waals surface area contributed by atoms with E-state index >= 15 is 0 Å². The van der Waals surface area contributed by atoms with E-state index in [4.69, 9.17) is 0 Å². The zero-order valence-electron chi connectivity index (χ0n) is 14.1. The van der Waals surface area contributed by atoms with Gasteiger partial charge < -0.3 is 5.32 Å². The Morgan fingerprint density at radius 2 is 2.00 bits per heavy atom. The molecule has 1 aliphatic carbocycles. The van der Waals surface area contributed by atoms with Crippen LogP contribution in [0.3, 0.4) is 0 Å². The molecule has 2 aromatic rings. The van der Waals surface area contributed by atoms with Crippen molar-refractivity contribution in [1.29, 1.82) is 0 Å². The Hall–Kier alpha value is -2.23. The predicted octanol–water partition coefficient (Wildman–Crippen LogP) is 3.81. The minimum absolute atomic E-state index is 0.0675. The van der Waals surface area contributed by atoms with Crippen LogP contribution in [-0.4, -0.2) is 17.4 Å². The minimum Gasteiger partial charge on any atom is -0.355 e. The number of pyridine rings is 1. The molecule has 1 aromatic carbocycles. The van der Waals surface area contributed by atoms with Gasteiger partial charge in [0, 0.05) is 30.4 Å². The molecule has 1 N–H and O–H groups in total. The Labute approximate surface area is 142 Å². The van der Waals surface area contributed by atoms with Crippen molar-refractivity contribution in [3.63, 3.8) is 0 Å². The highest BCUT2D eigenvalue weighted by Gasteiger charge is 2.52. The highest BCUT2D eigenvalue weighted by atomic mass is 19.1. The first kappa shape index (κ1) is 16.6. The van der Waals surface area contributed by atoms with E-state index in [1.165, 1.54) is 6.07 Å². The average Bonchev–Trinajstić information content (AvgIpc) is 3.38. The SMILES string of the molecule is CC(C)[C@H](CNC(=O)C1(c2ccccc2F)CC1)c1cccnc1. The van der Waals surface area contributed by atoms with Gasteiger partial charge in [0.2, 0.25) is 5.91 Å². The number of aromatic nitrogens is 1. The van der Waals surface area contributed by atoms with E-state index in [1.807, 2.05) is 18.3 Å². The van der Waals surface area contributed by atoms with Gasteiger partial charge in [-0.15, -0.1) is 0 Å². The number of nitrogens with zero attached hydrogens (tertiary/aromatic N) is 1. The highest BCUT2D eigenvalue weighted by molar-refractivity contribution is 5.91. The molecule has 0 aliphatic heterocycles. The molecule has 0 unspecified atom stereocenters. The molecular formula is C20H23FN2O. The molecular weight excluding hydrogens is 303 g/mol. The van der Waals surface area contributed by atoms with Gasteiger partial charge in [-0.2, -0.15) is 0 Å². The van der Waals surface area contributed by atoms with Crippen molar-refractivity contribution in [2.75, 3.05) is 6.54 Å². The summed E-state index contributed by atoms with van der Waals surface area (Å²) >= 11 is 0. The highest BCUT2D eigenvalue weighted by Crippen LogP contribution is 2.49. The number of carbonyl (C=O) groups excluding carboxylic acids is 1. The Bertz CT molecular complexity index is 711. The van der Waals surface area contributed by atoms with E-state index in [2.05, 4.69) is 24.1 Å². The Kier molecular flexibility index (Phi) is 4.65. The van der Waals surface area contributed by atoms with Gasteiger partial charge in [-0.1, -0.05) is 38.1 Å². The van der Waals surface area contributed by atoms with Crippen molar-refractivity contribution in [2.45, 2.75) is 38.0 Å². The third-order valence-corrected chi connectivity index (χ3v) is 4.97. The summed E-state index contributed by atoms with van der Waals surface area (Å²) in [4.78, 5) is 16.9. The molecule has 126 valence electrons. The van der Waals surface area contributed by atoms with E-state index < -0.39 is 5.41 Å². The van der Waals surface area contributed by atoms with Gasteiger partial charge in [-0.05, 0) is 36.5 Å². The number of nitrogens with one attached hydrogen (secondary N) is 1. The number of hydrogen-bond acceptors (Lipinski definition) is 2. The van der Waals surface area contributed by atoms with Gasteiger partial charge in [0.1, 0.15) is 5.82 Å². The van der Waals surface area contributed by atoms with Crippen molar-refractivity contribution >= 4 is 5.91 Å². The Balaban J connectivity index is 1.72. The molecule has 0 spiro atoms. The molecule has 3 nitrogen and oxygen atoms in total. The first-order valence-corrected chi connectivity index (χ1v) is 8.48. The number of hydrogen-bond donors (Lipinski definition) is 1. The molecule has 1 heterocycles. The number of benzene rings is 1. The Morgan fingerprint density at radius 3 is 2.58 bits per heavy atom. The van der Waals surface area contributed by atoms with Crippen molar-refractivity contribution in [2.24, 2.45) is 5.92 Å². The topological polar surface area (TPSA) is 42.0 Å². The fraction of sp³-hybridized carbons (Fsp3) is 0.400. The molecule has 0 bridgehead atoms. The first-order chi connectivity index (χ1) is 11.5. The van der Waals surface area contributed by atoms with E-state index in [-0.39, 0.29) is 17.6 Å². The van der Waals surface area contributed by atoms with Crippen LogP contribution < -0.4 is 5.32 Å². The molecule has 1 amide bonds. The molecule has 1 saturated carbocycles. The zero-order valence-corrected chi connectivity index (χ0v) is 14.1. The molecule has 4 heteroatoms. The number of halogens is 1. The van der Waals surface area contributed by atoms with Crippen LogP contribution in [0.15, 0.2) is 48.8 Å². The normalized spacial score (nSPS) is 16.7. The third kappa shape index (κ3) is 3.18. The first-order valence-electron chi connectivity index (χ1n) is 8.48. The maximum Gasteiger partial charge on any atom is 0.230 e. The lowest BCUT2D eigenvalue weighted by Crippen LogP contribution is -2.38. The second kappa shape index (κ2) is 6.71. The van der Waals surface area contributed by atoms with E-state index in [0.29, 0.717) is 30.9 Å². The van der Waals surface area contributed by atoms with Gasteiger partial charge in [-0.25, -0.2) is 4.39 Å². The molecule has 1 aliphatic rings. The second-order valence-electron chi connectivity index (χ2n) is 6.91. The van der Waals surface area contributed by atoms with Gasteiger partial charge in [0.15, 0.2) is 0 Å². The lowest BCUT2D eigenvalue weighted by atomic mass is 9.88.